The molecule has 4 rings (SSSR count). The second-order valence-electron chi connectivity index (χ2n) is 6.07. The van der Waals surface area contributed by atoms with Crippen LogP contribution in [0.2, 0.25) is 5.02 Å². The largest absolute Gasteiger partial charge is 0.473 e. The Morgan fingerprint density at radius 2 is 2.18 bits per heavy atom. The first kappa shape index (κ1) is 18.1. The molecule has 28 heavy (non-hydrogen) atoms. The molecule has 142 valence electrons. The van der Waals surface area contributed by atoms with E-state index in [0.717, 1.165) is 16.8 Å². The van der Waals surface area contributed by atoms with E-state index in [1.165, 1.54) is 6.20 Å². The smallest absolute Gasteiger partial charge is 0.267 e. The van der Waals surface area contributed by atoms with Crippen LogP contribution < -0.4 is 11.2 Å². The van der Waals surface area contributed by atoms with E-state index in [4.69, 9.17) is 26.8 Å². The molecule has 9 heteroatoms. The Bertz CT molecular complexity index is 1000. The Kier molecular flexibility index (Phi) is 5.05. The van der Waals surface area contributed by atoms with Crippen molar-refractivity contribution in [3.8, 4) is 0 Å². The van der Waals surface area contributed by atoms with Crippen LogP contribution >= 0.6 is 11.6 Å². The molecule has 0 bridgehead atoms. The number of nitrogens with two attached hydrogens (primary N) is 1. The van der Waals surface area contributed by atoms with Crippen LogP contribution in [0.5, 0.6) is 0 Å². The highest BCUT2D eigenvalue weighted by Crippen LogP contribution is 2.24. The molecule has 8 nitrogen and oxygen atoms in total. The van der Waals surface area contributed by atoms with E-state index in [1.807, 2.05) is 18.2 Å². The van der Waals surface area contributed by atoms with Gasteiger partial charge < -0.3 is 15.2 Å². The van der Waals surface area contributed by atoms with Crippen LogP contribution in [0.25, 0.3) is 0 Å². The first-order chi connectivity index (χ1) is 13.6. The lowest BCUT2D eigenvalue weighted by atomic mass is 10.1. The Morgan fingerprint density at radius 3 is 2.96 bits per heavy atom. The van der Waals surface area contributed by atoms with Gasteiger partial charge >= 0.3 is 0 Å². The summed E-state index contributed by atoms with van der Waals surface area (Å²) in [5.74, 6) is 0.388. The predicted molar refractivity (Wildman–Crippen MR) is 104 cm³/mol. The number of halogens is 1. The predicted octanol–water partition coefficient (Wildman–Crippen LogP) is 2.32. The number of benzene rings is 1. The number of ether oxygens (including phenoxy) is 2. The molecule has 3 heterocycles. The summed E-state index contributed by atoms with van der Waals surface area (Å²) in [6.07, 6.45) is 3.00. The number of hydrazone groups is 1. The Hall–Kier alpha value is -3.23. The number of primary amides is 1. The molecule has 1 atom stereocenters. The van der Waals surface area contributed by atoms with Crippen molar-refractivity contribution in [3.05, 3.63) is 70.5 Å². The maximum Gasteiger partial charge on any atom is 0.267 e. The molecule has 0 saturated heterocycles. The van der Waals surface area contributed by atoms with Gasteiger partial charge in [0.05, 0.1) is 12.3 Å². The molecule has 0 saturated carbocycles. The van der Waals surface area contributed by atoms with Gasteiger partial charge in [-0.15, -0.1) is 5.10 Å². The molecule has 2 aliphatic rings. The van der Waals surface area contributed by atoms with Crippen molar-refractivity contribution in [2.45, 2.75) is 12.7 Å². The number of amides is 1. The van der Waals surface area contributed by atoms with Crippen molar-refractivity contribution in [2.24, 2.45) is 15.8 Å². The summed E-state index contributed by atoms with van der Waals surface area (Å²) in [7, 11) is 0. The Balaban J connectivity index is 1.50. The molecule has 1 unspecified atom stereocenters. The van der Waals surface area contributed by atoms with E-state index in [0.29, 0.717) is 23.4 Å². The number of carbonyl (C=O) groups is 1. The molecular formula is C19H16ClN5O3. The number of rotatable bonds is 4. The van der Waals surface area contributed by atoms with Crippen molar-refractivity contribution in [1.82, 2.24) is 10.4 Å². The van der Waals surface area contributed by atoms with Crippen LogP contribution in [0.4, 0.5) is 5.69 Å². The lowest BCUT2D eigenvalue weighted by Crippen LogP contribution is -2.39. The van der Waals surface area contributed by atoms with E-state index < -0.39 is 12.0 Å². The summed E-state index contributed by atoms with van der Waals surface area (Å²) in [5, 5.41) is 4.90. The van der Waals surface area contributed by atoms with Gasteiger partial charge in [0.1, 0.15) is 12.3 Å². The summed E-state index contributed by atoms with van der Waals surface area (Å²) in [6, 6.07) is 10.5. The highest BCUT2D eigenvalue weighted by atomic mass is 35.5. The molecule has 1 aromatic carbocycles. The Labute approximate surface area is 165 Å². The molecular weight excluding hydrogens is 382 g/mol. The monoisotopic (exact) mass is 397 g/mol. The van der Waals surface area contributed by atoms with Gasteiger partial charge in [-0.25, -0.2) is 4.99 Å². The van der Waals surface area contributed by atoms with E-state index in [2.05, 4.69) is 20.5 Å². The first-order valence-corrected chi connectivity index (χ1v) is 8.85. The molecule has 0 aliphatic carbocycles. The van der Waals surface area contributed by atoms with Crippen molar-refractivity contribution >= 4 is 34.9 Å². The second-order valence-corrected chi connectivity index (χ2v) is 6.51. The third-order valence-electron chi connectivity index (χ3n) is 4.15. The number of pyridine rings is 1. The fourth-order valence-corrected chi connectivity index (χ4v) is 2.91. The van der Waals surface area contributed by atoms with E-state index >= 15 is 0 Å². The normalized spacial score (nSPS) is 19.5. The molecule has 2 aromatic rings. The zero-order chi connectivity index (χ0) is 19.5. The lowest BCUT2D eigenvalue weighted by Gasteiger charge is -2.23. The van der Waals surface area contributed by atoms with Crippen molar-refractivity contribution in [2.75, 3.05) is 6.61 Å². The molecule has 3 N–H and O–H groups in total. The van der Waals surface area contributed by atoms with Crippen molar-refractivity contribution in [1.29, 1.82) is 0 Å². The van der Waals surface area contributed by atoms with Crippen LogP contribution in [-0.4, -0.2) is 35.3 Å². The highest BCUT2D eigenvalue weighted by molar-refractivity contribution is 6.30. The minimum absolute atomic E-state index is 0.180. The van der Waals surface area contributed by atoms with Crippen LogP contribution in [0.1, 0.15) is 16.1 Å². The van der Waals surface area contributed by atoms with Gasteiger partial charge in [-0.2, -0.15) is 0 Å². The van der Waals surface area contributed by atoms with E-state index in [-0.39, 0.29) is 12.3 Å². The standard InChI is InChI=1S/C19H16ClN5O3/c20-12-1-3-13(4-2-12)23-18-14-6-8-27-16(14)19(25-24-18)28-10-11-5-7-22-15(9-11)17(21)26/h1-7,9,16H,8,10H2,(H2,21,26)(H,23,24). The number of fused-ring (bicyclic) bond motifs is 1. The average molecular weight is 398 g/mol. The number of nitrogens with one attached hydrogen (secondary N) is 1. The van der Waals surface area contributed by atoms with Gasteiger partial charge in [-0.1, -0.05) is 11.6 Å². The van der Waals surface area contributed by atoms with Crippen molar-refractivity contribution < 1.29 is 14.3 Å². The number of hydrogen-bond donors (Lipinski definition) is 2. The number of amidine groups is 1. The molecule has 0 spiro atoms. The molecule has 0 fully saturated rings. The lowest BCUT2D eigenvalue weighted by molar-refractivity contribution is 0.0995. The van der Waals surface area contributed by atoms with Gasteiger partial charge in [-0.05, 0) is 48.0 Å². The fraction of sp³-hybridized carbons (Fsp3) is 0.158. The van der Waals surface area contributed by atoms with Gasteiger partial charge in [0.25, 0.3) is 5.91 Å². The van der Waals surface area contributed by atoms with E-state index in [9.17, 15) is 4.79 Å². The SMILES string of the molecule is NC(=O)c1cc(COC2=NNC(=Nc3ccc(Cl)cc3)C3=CCOC32)ccn1. The summed E-state index contributed by atoms with van der Waals surface area (Å²) >= 11 is 5.91. The number of aliphatic imine (C=N–C) groups is 1. The maximum absolute atomic E-state index is 11.3. The highest BCUT2D eigenvalue weighted by Gasteiger charge is 2.34. The summed E-state index contributed by atoms with van der Waals surface area (Å²) < 4.78 is 11.5. The third-order valence-corrected chi connectivity index (χ3v) is 4.40. The number of aromatic nitrogens is 1. The summed E-state index contributed by atoms with van der Waals surface area (Å²) in [6.45, 7) is 0.630. The quantitative estimate of drug-likeness (QED) is 0.822. The summed E-state index contributed by atoms with van der Waals surface area (Å²) in [4.78, 5) is 19.7. The fourth-order valence-electron chi connectivity index (χ4n) is 2.79. The molecule has 1 amide bonds. The van der Waals surface area contributed by atoms with Crippen LogP contribution in [0.15, 0.2) is 64.3 Å². The third kappa shape index (κ3) is 3.88. The van der Waals surface area contributed by atoms with Gasteiger partial charge in [0, 0.05) is 16.8 Å². The minimum Gasteiger partial charge on any atom is -0.473 e. The second kappa shape index (κ2) is 7.79. The number of hydrogen-bond acceptors (Lipinski definition) is 6. The van der Waals surface area contributed by atoms with Gasteiger partial charge in [0.2, 0.25) is 5.90 Å². The molecule has 0 radical (unpaired) electrons. The zero-order valence-corrected chi connectivity index (χ0v) is 15.4. The zero-order valence-electron chi connectivity index (χ0n) is 14.6. The van der Waals surface area contributed by atoms with E-state index in [1.54, 1.807) is 24.3 Å². The maximum atomic E-state index is 11.3. The first-order valence-electron chi connectivity index (χ1n) is 8.47. The topological polar surface area (TPSA) is 111 Å². The van der Waals surface area contributed by atoms with Gasteiger partial charge in [-0.3, -0.25) is 15.2 Å². The van der Waals surface area contributed by atoms with Crippen molar-refractivity contribution in [3.63, 3.8) is 0 Å². The van der Waals surface area contributed by atoms with Crippen LogP contribution in [0.3, 0.4) is 0 Å². The van der Waals surface area contributed by atoms with Crippen LogP contribution in [-0.2, 0) is 16.1 Å². The number of carbonyl (C=O) groups excluding carboxylic acids is 1. The number of nitrogens with zero attached hydrogens (tertiary/aromatic N) is 3. The average Bonchev–Trinajstić information content (AvgIpc) is 3.20. The molecule has 1 aromatic heterocycles. The van der Waals surface area contributed by atoms with Crippen LogP contribution in [0, 0.1) is 0 Å². The Morgan fingerprint density at radius 1 is 1.36 bits per heavy atom. The summed E-state index contributed by atoms with van der Waals surface area (Å²) in [5.41, 5.74) is 10.7. The van der Waals surface area contributed by atoms with Gasteiger partial charge in [0.15, 0.2) is 11.9 Å². The minimum atomic E-state index is -0.592. The molecule has 2 aliphatic heterocycles.